The van der Waals surface area contributed by atoms with Crippen LogP contribution in [0.5, 0.6) is 0 Å². The smallest absolute Gasteiger partial charge is 0.251 e. The zero-order valence-electron chi connectivity index (χ0n) is 9.90. The van der Waals surface area contributed by atoms with Crippen molar-refractivity contribution in [2.45, 2.75) is 13.5 Å². The minimum atomic E-state index is -0.176. The lowest BCUT2D eigenvalue weighted by atomic mass is 10.3. The van der Waals surface area contributed by atoms with E-state index in [0.717, 1.165) is 11.0 Å². The van der Waals surface area contributed by atoms with Crippen molar-refractivity contribution in [3.8, 4) is 11.5 Å². The summed E-state index contributed by atoms with van der Waals surface area (Å²) >= 11 is 3.39. The van der Waals surface area contributed by atoms with Gasteiger partial charge in [0.1, 0.15) is 5.69 Å². The highest BCUT2D eigenvalue weighted by Gasteiger charge is 2.08. The first-order chi connectivity index (χ1) is 8.70. The van der Waals surface area contributed by atoms with E-state index in [0.29, 0.717) is 23.8 Å². The predicted molar refractivity (Wildman–Crippen MR) is 73.2 cm³/mol. The van der Waals surface area contributed by atoms with E-state index in [1.54, 1.807) is 6.20 Å². The Morgan fingerprint density at radius 3 is 3.06 bits per heavy atom. The maximum absolute atomic E-state index is 11.6. The van der Waals surface area contributed by atoms with Gasteiger partial charge in [0, 0.05) is 23.3 Å². The largest absolute Gasteiger partial charge is 0.311 e. The molecule has 6 heteroatoms. The van der Waals surface area contributed by atoms with E-state index in [4.69, 9.17) is 0 Å². The first-order valence-electron chi connectivity index (χ1n) is 5.62. The molecule has 0 saturated carbocycles. The summed E-state index contributed by atoms with van der Waals surface area (Å²) in [6, 6.07) is 5.16. The van der Waals surface area contributed by atoms with Gasteiger partial charge in [-0.15, -0.1) is 0 Å². The summed E-state index contributed by atoms with van der Waals surface area (Å²) in [6.45, 7) is 3.40. The summed E-state index contributed by atoms with van der Waals surface area (Å²) in [4.78, 5) is 22.9. The second-order valence-corrected chi connectivity index (χ2v) is 4.55. The fourth-order valence-corrected chi connectivity index (χ4v) is 1.97. The topological polar surface area (TPSA) is 70.7 Å². The molecule has 5 nitrogen and oxygen atoms in total. The van der Waals surface area contributed by atoms with E-state index >= 15 is 0 Å². The van der Waals surface area contributed by atoms with Crippen molar-refractivity contribution in [3.05, 3.63) is 44.9 Å². The van der Waals surface area contributed by atoms with Gasteiger partial charge in [-0.3, -0.25) is 9.78 Å². The van der Waals surface area contributed by atoms with Gasteiger partial charge in [0.2, 0.25) is 0 Å². The lowest BCUT2D eigenvalue weighted by Crippen LogP contribution is -2.17. The minimum Gasteiger partial charge on any atom is -0.311 e. The van der Waals surface area contributed by atoms with Gasteiger partial charge in [0.25, 0.3) is 5.56 Å². The maximum atomic E-state index is 11.6. The Morgan fingerprint density at radius 2 is 2.33 bits per heavy atom. The number of aromatic nitrogens is 3. The Balaban J connectivity index is 2.42. The zero-order valence-corrected chi connectivity index (χ0v) is 11.5. The summed E-state index contributed by atoms with van der Waals surface area (Å²) in [5, 5.41) is 3.14. The molecular formula is C12H13BrN4O. The Hall–Kier alpha value is -1.53. The fourth-order valence-electron chi connectivity index (χ4n) is 1.52. The molecule has 0 amide bonds. The summed E-state index contributed by atoms with van der Waals surface area (Å²) < 4.78 is 0.800. The van der Waals surface area contributed by atoms with Crippen LogP contribution in [-0.2, 0) is 6.54 Å². The molecule has 2 rings (SSSR count). The third-order valence-corrected chi connectivity index (χ3v) is 2.97. The number of nitrogens with zero attached hydrogens (tertiary/aromatic N) is 2. The average Bonchev–Trinajstić information content (AvgIpc) is 2.36. The maximum Gasteiger partial charge on any atom is 0.251 e. The molecule has 0 bridgehead atoms. The van der Waals surface area contributed by atoms with Gasteiger partial charge in [-0.25, -0.2) is 4.98 Å². The normalized spacial score (nSPS) is 10.6. The molecule has 94 valence electrons. The van der Waals surface area contributed by atoms with Gasteiger partial charge in [-0.2, -0.15) is 0 Å². The van der Waals surface area contributed by atoms with Crippen molar-refractivity contribution in [3.63, 3.8) is 0 Å². The molecule has 2 heterocycles. The second-order valence-electron chi connectivity index (χ2n) is 3.70. The molecule has 2 aromatic rings. The van der Waals surface area contributed by atoms with E-state index in [1.807, 2.05) is 19.1 Å². The molecule has 0 unspecified atom stereocenters. The van der Waals surface area contributed by atoms with Gasteiger partial charge in [0.15, 0.2) is 5.82 Å². The quantitative estimate of drug-likeness (QED) is 0.902. The van der Waals surface area contributed by atoms with E-state index < -0.39 is 0 Å². The second kappa shape index (κ2) is 5.88. The van der Waals surface area contributed by atoms with Crippen molar-refractivity contribution >= 4 is 15.9 Å². The average molecular weight is 309 g/mol. The SMILES string of the molecule is CCNCc1cc(=O)[nH]c(-c2ncccc2Br)n1. The van der Waals surface area contributed by atoms with E-state index in [2.05, 4.69) is 36.2 Å². The minimum absolute atomic E-state index is 0.176. The lowest BCUT2D eigenvalue weighted by Gasteiger charge is -2.05. The van der Waals surface area contributed by atoms with Crippen LogP contribution in [-0.4, -0.2) is 21.5 Å². The standard InChI is InChI=1S/C12H13BrN4O/c1-2-14-7-8-6-10(18)17-12(16-8)11-9(13)4-3-5-15-11/h3-6,14H,2,7H2,1H3,(H,16,17,18). The van der Waals surface area contributed by atoms with Gasteiger partial charge in [-0.1, -0.05) is 6.92 Å². The van der Waals surface area contributed by atoms with Crippen molar-refractivity contribution in [2.75, 3.05) is 6.54 Å². The Kier molecular flexibility index (Phi) is 4.22. The number of nitrogens with one attached hydrogen (secondary N) is 2. The van der Waals surface area contributed by atoms with Crippen LogP contribution in [0.2, 0.25) is 0 Å². The Bertz CT molecular complexity index is 597. The van der Waals surface area contributed by atoms with E-state index in [-0.39, 0.29) is 5.56 Å². The highest BCUT2D eigenvalue weighted by atomic mass is 79.9. The van der Waals surface area contributed by atoms with Crippen LogP contribution < -0.4 is 10.9 Å². The third kappa shape index (κ3) is 3.02. The number of H-pyrrole nitrogens is 1. The molecule has 0 aliphatic heterocycles. The van der Waals surface area contributed by atoms with Crippen molar-refractivity contribution < 1.29 is 0 Å². The van der Waals surface area contributed by atoms with Crippen molar-refractivity contribution in [1.29, 1.82) is 0 Å². The molecule has 0 saturated heterocycles. The zero-order chi connectivity index (χ0) is 13.0. The summed E-state index contributed by atoms with van der Waals surface area (Å²) in [5.74, 6) is 0.475. The number of pyridine rings is 1. The Morgan fingerprint density at radius 1 is 1.50 bits per heavy atom. The summed E-state index contributed by atoms with van der Waals surface area (Å²) in [7, 11) is 0. The van der Waals surface area contributed by atoms with Crippen LogP contribution in [0, 0.1) is 0 Å². The monoisotopic (exact) mass is 308 g/mol. The molecule has 2 N–H and O–H groups in total. The molecule has 0 aliphatic carbocycles. The molecule has 0 aromatic carbocycles. The van der Waals surface area contributed by atoms with Crippen molar-refractivity contribution in [2.24, 2.45) is 0 Å². The molecule has 18 heavy (non-hydrogen) atoms. The number of hydrogen-bond donors (Lipinski definition) is 2. The lowest BCUT2D eigenvalue weighted by molar-refractivity contribution is 0.707. The molecule has 2 aromatic heterocycles. The predicted octanol–water partition coefficient (Wildman–Crippen LogP) is 1.70. The fraction of sp³-hybridized carbons (Fsp3) is 0.250. The molecule has 0 spiro atoms. The molecular weight excluding hydrogens is 296 g/mol. The van der Waals surface area contributed by atoms with Crippen LogP contribution in [0.4, 0.5) is 0 Å². The first kappa shape index (κ1) is 12.9. The highest BCUT2D eigenvalue weighted by Crippen LogP contribution is 2.21. The van der Waals surface area contributed by atoms with Crippen LogP contribution in [0.1, 0.15) is 12.6 Å². The molecule has 0 fully saturated rings. The third-order valence-electron chi connectivity index (χ3n) is 2.33. The van der Waals surface area contributed by atoms with Crippen LogP contribution in [0.3, 0.4) is 0 Å². The van der Waals surface area contributed by atoms with Gasteiger partial charge >= 0.3 is 0 Å². The highest BCUT2D eigenvalue weighted by molar-refractivity contribution is 9.10. The number of hydrogen-bond acceptors (Lipinski definition) is 4. The van der Waals surface area contributed by atoms with E-state index in [1.165, 1.54) is 6.07 Å². The molecule has 0 atom stereocenters. The number of rotatable bonds is 4. The summed E-state index contributed by atoms with van der Waals surface area (Å²) in [5.41, 5.74) is 1.16. The Labute approximate surface area is 113 Å². The number of aromatic amines is 1. The molecule has 0 radical (unpaired) electrons. The van der Waals surface area contributed by atoms with E-state index in [9.17, 15) is 4.79 Å². The van der Waals surface area contributed by atoms with Crippen LogP contribution in [0.25, 0.3) is 11.5 Å². The molecule has 0 aliphatic rings. The summed E-state index contributed by atoms with van der Waals surface area (Å²) in [6.07, 6.45) is 1.66. The van der Waals surface area contributed by atoms with Crippen molar-refractivity contribution in [1.82, 2.24) is 20.3 Å². The van der Waals surface area contributed by atoms with Gasteiger partial charge in [-0.05, 0) is 34.6 Å². The van der Waals surface area contributed by atoms with Gasteiger partial charge in [0.05, 0.1) is 5.69 Å². The van der Waals surface area contributed by atoms with Crippen LogP contribution >= 0.6 is 15.9 Å². The van der Waals surface area contributed by atoms with Crippen LogP contribution in [0.15, 0.2) is 33.7 Å². The van der Waals surface area contributed by atoms with Gasteiger partial charge < -0.3 is 10.3 Å². The first-order valence-corrected chi connectivity index (χ1v) is 6.42. The number of halogens is 1.